The van der Waals surface area contributed by atoms with Crippen LogP contribution >= 0.6 is 15.9 Å². The van der Waals surface area contributed by atoms with Crippen molar-refractivity contribution >= 4 is 21.6 Å². The number of benzene rings is 2. The van der Waals surface area contributed by atoms with E-state index in [9.17, 15) is 8.78 Å². The van der Waals surface area contributed by atoms with Gasteiger partial charge in [0.2, 0.25) is 0 Å². The highest BCUT2D eigenvalue weighted by atomic mass is 79.9. The van der Waals surface area contributed by atoms with Gasteiger partial charge in [0.25, 0.3) is 0 Å². The molecule has 0 atom stereocenters. The molecular formula is C14H9BrF2N2. The fourth-order valence-electron chi connectivity index (χ4n) is 1.63. The number of anilines is 1. The van der Waals surface area contributed by atoms with Crippen LogP contribution in [0.25, 0.3) is 0 Å². The average Bonchev–Trinajstić information content (AvgIpc) is 2.40. The molecule has 2 rings (SSSR count). The Morgan fingerprint density at radius 1 is 1.16 bits per heavy atom. The van der Waals surface area contributed by atoms with Gasteiger partial charge in [-0.1, -0.05) is 12.1 Å². The summed E-state index contributed by atoms with van der Waals surface area (Å²) >= 11 is 3.28. The molecule has 0 aromatic heterocycles. The summed E-state index contributed by atoms with van der Waals surface area (Å²) in [4.78, 5) is 0. The maximum atomic E-state index is 13.1. The van der Waals surface area contributed by atoms with Gasteiger partial charge in [-0.25, -0.2) is 8.78 Å². The van der Waals surface area contributed by atoms with Crippen LogP contribution in [0.5, 0.6) is 0 Å². The first kappa shape index (κ1) is 13.5. The second-order valence-corrected chi connectivity index (χ2v) is 4.73. The first-order chi connectivity index (χ1) is 9.11. The van der Waals surface area contributed by atoms with Crippen molar-refractivity contribution in [3.63, 3.8) is 0 Å². The van der Waals surface area contributed by atoms with E-state index in [2.05, 4.69) is 27.3 Å². The van der Waals surface area contributed by atoms with Gasteiger partial charge in [0.15, 0.2) is 11.6 Å². The summed E-state index contributed by atoms with van der Waals surface area (Å²) in [6, 6.07) is 11.1. The monoisotopic (exact) mass is 322 g/mol. The first-order valence-corrected chi connectivity index (χ1v) is 6.27. The number of halogens is 3. The van der Waals surface area contributed by atoms with E-state index in [1.54, 1.807) is 18.2 Å². The van der Waals surface area contributed by atoms with E-state index in [0.29, 0.717) is 27.8 Å². The van der Waals surface area contributed by atoms with Gasteiger partial charge in [-0.3, -0.25) is 0 Å². The highest BCUT2D eigenvalue weighted by Gasteiger charge is 2.06. The molecule has 0 saturated carbocycles. The molecule has 0 fully saturated rings. The van der Waals surface area contributed by atoms with Crippen LogP contribution in [0.15, 0.2) is 40.9 Å². The molecule has 0 spiro atoms. The summed E-state index contributed by atoms with van der Waals surface area (Å²) in [6.45, 7) is 0.308. The molecule has 2 aromatic carbocycles. The summed E-state index contributed by atoms with van der Waals surface area (Å²) in [5.74, 6) is -1.75. The van der Waals surface area contributed by atoms with E-state index >= 15 is 0 Å². The fourth-order valence-corrected chi connectivity index (χ4v) is 2.09. The Morgan fingerprint density at radius 3 is 2.63 bits per heavy atom. The van der Waals surface area contributed by atoms with E-state index in [0.717, 1.165) is 12.1 Å². The third kappa shape index (κ3) is 3.09. The maximum absolute atomic E-state index is 13.1. The molecule has 0 bridgehead atoms. The Balaban J connectivity index is 2.17. The molecule has 19 heavy (non-hydrogen) atoms. The highest BCUT2D eigenvalue weighted by Crippen LogP contribution is 2.24. The van der Waals surface area contributed by atoms with Crippen LogP contribution in [-0.2, 0) is 6.54 Å². The van der Waals surface area contributed by atoms with E-state index in [4.69, 9.17) is 5.26 Å². The number of nitriles is 1. The molecular weight excluding hydrogens is 314 g/mol. The van der Waals surface area contributed by atoms with E-state index in [-0.39, 0.29) is 0 Å². The molecule has 5 heteroatoms. The lowest BCUT2D eigenvalue weighted by Crippen LogP contribution is -2.02. The maximum Gasteiger partial charge on any atom is 0.159 e. The summed E-state index contributed by atoms with van der Waals surface area (Å²) in [7, 11) is 0. The molecule has 0 aliphatic rings. The van der Waals surface area contributed by atoms with Crippen molar-refractivity contribution in [2.45, 2.75) is 6.54 Å². The Hall–Kier alpha value is -1.93. The molecule has 0 saturated heterocycles. The third-order valence-electron chi connectivity index (χ3n) is 2.59. The Bertz CT molecular complexity index is 650. The molecule has 96 valence electrons. The van der Waals surface area contributed by atoms with Crippen molar-refractivity contribution in [3.8, 4) is 6.07 Å². The fraction of sp³-hybridized carbons (Fsp3) is 0.0714. The van der Waals surface area contributed by atoms with Gasteiger partial charge < -0.3 is 5.32 Å². The summed E-state index contributed by atoms with van der Waals surface area (Å²) in [5, 5.41) is 12.1. The van der Waals surface area contributed by atoms with Gasteiger partial charge in [0.05, 0.1) is 11.3 Å². The minimum Gasteiger partial charge on any atom is -0.380 e. The zero-order valence-electron chi connectivity index (χ0n) is 9.75. The van der Waals surface area contributed by atoms with Gasteiger partial charge in [-0.05, 0) is 45.8 Å². The largest absolute Gasteiger partial charge is 0.380 e. The van der Waals surface area contributed by atoms with Gasteiger partial charge >= 0.3 is 0 Å². The van der Waals surface area contributed by atoms with Crippen molar-refractivity contribution in [2.24, 2.45) is 0 Å². The molecule has 0 amide bonds. The van der Waals surface area contributed by atoms with Gasteiger partial charge in [0, 0.05) is 11.0 Å². The summed E-state index contributed by atoms with van der Waals surface area (Å²) in [6.07, 6.45) is 0. The van der Waals surface area contributed by atoms with Crippen molar-refractivity contribution in [3.05, 3.63) is 63.6 Å². The Morgan fingerprint density at radius 2 is 1.95 bits per heavy atom. The van der Waals surface area contributed by atoms with Crippen molar-refractivity contribution in [2.75, 3.05) is 5.32 Å². The van der Waals surface area contributed by atoms with Gasteiger partial charge in [-0.2, -0.15) is 5.26 Å². The number of hydrogen-bond donors (Lipinski definition) is 1. The minimum absolute atomic E-state index is 0.308. The van der Waals surface area contributed by atoms with Crippen molar-refractivity contribution in [1.82, 2.24) is 0 Å². The average molecular weight is 323 g/mol. The SMILES string of the molecule is N#Cc1c(Br)cccc1NCc1ccc(F)c(F)c1. The van der Waals surface area contributed by atoms with Crippen LogP contribution < -0.4 is 5.32 Å². The zero-order chi connectivity index (χ0) is 13.8. The highest BCUT2D eigenvalue weighted by molar-refractivity contribution is 9.10. The minimum atomic E-state index is -0.881. The Kier molecular flexibility index (Phi) is 4.13. The lowest BCUT2D eigenvalue weighted by atomic mass is 10.1. The molecule has 0 heterocycles. The van der Waals surface area contributed by atoms with Crippen LogP contribution in [0.3, 0.4) is 0 Å². The summed E-state index contributed by atoms with van der Waals surface area (Å²) in [5.41, 5.74) is 1.72. The number of nitrogens with zero attached hydrogens (tertiary/aromatic N) is 1. The number of nitrogens with one attached hydrogen (secondary N) is 1. The van der Waals surface area contributed by atoms with Crippen LogP contribution in [0.4, 0.5) is 14.5 Å². The van der Waals surface area contributed by atoms with Gasteiger partial charge in [-0.15, -0.1) is 0 Å². The standard InChI is InChI=1S/C14H9BrF2N2/c15-11-2-1-3-14(10(11)7-18)19-8-9-4-5-12(16)13(17)6-9/h1-6,19H,8H2. The molecule has 2 aromatic rings. The van der Waals surface area contributed by atoms with Crippen LogP contribution in [0.2, 0.25) is 0 Å². The molecule has 0 aliphatic carbocycles. The molecule has 0 unspecified atom stereocenters. The predicted octanol–water partition coefficient (Wildman–Crippen LogP) is 4.21. The Labute approximate surface area is 117 Å². The topological polar surface area (TPSA) is 35.8 Å². The lowest BCUT2D eigenvalue weighted by Gasteiger charge is -2.09. The molecule has 2 nitrogen and oxygen atoms in total. The molecule has 1 N–H and O–H groups in total. The zero-order valence-corrected chi connectivity index (χ0v) is 11.3. The summed E-state index contributed by atoms with van der Waals surface area (Å²) < 4.78 is 26.5. The first-order valence-electron chi connectivity index (χ1n) is 5.48. The van der Waals surface area contributed by atoms with Crippen LogP contribution in [-0.4, -0.2) is 0 Å². The number of rotatable bonds is 3. The van der Waals surface area contributed by atoms with Gasteiger partial charge in [0.1, 0.15) is 6.07 Å². The quantitative estimate of drug-likeness (QED) is 0.918. The predicted molar refractivity (Wildman–Crippen MR) is 72.5 cm³/mol. The van der Waals surface area contributed by atoms with Crippen molar-refractivity contribution in [1.29, 1.82) is 5.26 Å². The van der Waals surface area contributed by atoms with Crippen LogP contribution in [0, 0.1) is 23.0 Å². The van der Waals surface area contributed by atoms with Crippen LogP contribution in [0.1, 0.15) is 11.1 Å². The molecule has 0 radical (unpaired) electrons. The second-order valence-electron chi connectivity index (χ2n) is 3.88. The van der Waals surface area contributed by atoms with E-state index < -0.39 is 11.6 Å². The second kappa shape index (κ2) is 5.81. The third-order valence-corrected chi connectivity index (χ3v) is 3.25. The lowest BCUT2D eigenvalue weighted by molar-refractivity contribution is 0.507. The normalized spacial score (nSPS) is 10.0. The van der Waals surface area contributed by atoms with E-state index in [1.807, 2.05) is 0 Å². The molecule has 0 aliphatic heterocycles. The number of hydrogen-bond acceptors (Lipinski definition) is 2. The smallest absolute Gasteiger partial charge is 0.159 e. The van der Waals surface area contributed by atoms with E-state index in [1.165, 1.54) is 6.07 Å². The van der Waals surface area contributed by atoms with Crippen molar-refractivity contribution < 1.29 is 8.78 Å².